The van der Waals surface area contributed by atoms with Gasteiger partial charge in [0.15, 0.2) is 11.9 Å². The average molecular weight is 476 g/mol. The van der Waals surface area contributed by atoms with Gasteiger partial charge in [0, 0.05) is 28.5 Å². The largest absolute Gasteiger partial charge is 0.456 e. The van der Waals surface area contributed by atoms with Crippen molar-refractivity contribution in [1.29, 1.82) is 0 Å². The molecule has 0 spiro atoms. The molecule has 5 aromatic carbocycles. The summed E-state index contributed by atoms with van der Waals surface area (Å²) in [5.41, 5.74) is 7.56. The van der Waals surface area contributed by atoms with E-state index in [0.29, 0.717) is 5.69 Å². The van der Waals surface area contributed by atoms with E-state index in [1.54, 1.807) is 0 Å². The molecule has 2 aromatic heterocycles. The van der Waals surface area contributed by atoms with E-state index in [9.17, 15) is 0 Å². The molecule has 0 radical (unpaired) electrons. The van der Waals surface area contributed by atoms with Gasteiger partial charge in [-0.05, 0) is 51.7 Å². The maximum Gasteiger partial charge on any atom is 0.216 e. The SMILES string of the molecule is [C-]#[N+]c1ccc(-c2cc3ccccc3c3ccccc23)c2oc3c(-c4cccc[n+]4C)c(C)ccc3c12. The zero-order chi connectivity index (χ0) is 25.1. The van der Waals surface area contributed by atoms with Gasteiger partial charge in [-0.1, -0.05) is 72.8 Å². The maximum atomic E-state index is 7.93. The molecule has 0 atom stereocenters. The topological polar surface area (TPSA) is 21.4 Å². The van der Waals surface area contributed by atoms with Gasteiger partial charge in [-0.2, -0.15) is 0 Å². The van der Waals surface area contributed by atoms with Gasteiger partial charge >= 0.3 is 0 Å². The van der Waals surface area contributed by atoms with Crippen LogP contribution in [0.2, 0.25) is 0 Å². The Kier molecular flexibility index (Phi) is 4.64. The summed E-state index contributed by atoms with van der Waals surface area (Å²) in [5, 5.41) is 6.64. The summed E-state index contributed by atoms with van der Waals surface area (Å²) in [6.07, 6.45) is 2.05. The van der Waals surface area contributed by atoms with Crippen LogP contribution in [-0.4, -0.2) is 0 Å². The van der Waals surface area contributed by atoms with Gasteiger partial charge in [0.2, 0.25) is 5.69 Å². The van der Waals surface area contributed by atoms with Gasteiger partial charge in [0.05, 0.1) is 12.1 Å². The molecule has 0 fully saturated rings. The molecular weight excluding hydrogens is 452 g/mol. The quantitative estimate of drug-likeness (QED) is 0.139. The van der Waals surface area contributed by atoms with Crippen LogP contribution in [0.4, 0.5) is 5.69 Å². The Hall–Kier alpha value is -4.94. The summed E-state index contributed by atoms with van der Waals surface area (Å²) in [5.74, 6) is 0. The molecule has 7 aromatic rings. The van der Waals surface area contributed by atoms with E-state index in [2.05, 4.69) is 89.1 Å². The monoisotopic (exact) mass is 475 g/mol. The molecule has 174 valence electrons. The van der Waals surface area contributed by atoms with Crippen LogP contribution >= 0.6 is 0 Å². The lowest BCUT2D eigenvalue weighted by Gasteiger charge is -2.12. The summed E-state index contributed by atoms with van der Waals surface area (Å²) < 4.78 is 8.92. The summed E-state index contributed by atoms with van der Waals surface area (Å²) in [7, 11) is 2.05. The Labute approximate surface area is 214 Å². The second kappa shape index (κ2) is 8.05. The molecule has 0 N–H and O–H groups in total. The molecule has 2 heterocycles. The van der Waals surface area contributed by atoms with Crippen LogP contribution in [0.3, 0.4) is 0 Å². The van der Waals surface area contributed by atoms with E-state index < -0.39 is 0 Å². The predicted molar refractivity (Wildman–Crippen MR) is 152 cm³/mol. The molecule has 37 heavy (non-hydrogen) atoms. The van der Waals surface area contributed by atoms with Crippen molar-refractivity contribution in [3.05, 3.63) is 120 Å². The maximum absolute atomic E-state index is 7.93. The van der Waals surface area contributed by atoms with Crippen LogP contribution in [0.25, 0.3) is 70.7 Å². The highest BCUT2D eigenvalue weighted by molar-refractivity contribution is 6.21. The van der Waals surface area contributed by atoms with E-state index in [4.69, 9.17) is 11.0 Å². The van der Waals surface area contributed by atoms with E-state index >= 15 is 0 Å². The number of pyridine rings is 1. The van der Waals surface area contributed by atoms with Gasteiger partial charge in [-0.15, -0.1) is 0 Å². The first-order valence-electron chi connectivity index (χ1n) is 12.4. The first-order chi connectivity index (χ1) is 18.2. The van der Waals surface area contributed by atoms with Gasteiger partial charge in [-0.25, -0.2) is 9.41 Å². The molecule has 0 aliphatic rings. The van der Waals surface area contributed by atoms with Gasteiger partial charge < -0.3 is 4.42 Å². The Morgan fingerprint density at radius 3 is 2.27 bits per heavy atom. The zero-order valence-corrected chi connectivity index (χ0v) is 20.6. The van der Waals surface area contributed by atoms with Crippen molar-refractivity contribution < 1.29 is 8.98 Å². The molecule has 0 aliphatic heterocycles. The third-order valence-electron chi connectivity index (χ3n) is 7.46. The Balaban J connectivity index is 1.65. The lowest BCUT2D eigenvalue weighted by Crippen LogP contribution is -2.30. The fraction of sp³-hybridized carbons (Fsp3) is 0.0588. The molecular formula is C34H23N2O+. The van der Waals surface area contributed by atoms with Crippen LogP contribution in [-0.2, 0) is 7.05 Å². The smallest absolute Gasteiger partial charge is 0.216 e. The minimum Gasteiger partial charge on any atom is -0.456 e. The standard InChI is InChI=1S/C34H23N2O/c1-21-15-16-27-32-29(35-2)18-17-26(33(32)37-34(27)31(21)30-14-8-9-19-36(30)3)28-20-22-10-4-5-11-23(22)24-12-6-7-13-25(24)28/h4-20H,1,3H3/q+1. The van der Waals surface area contributed by atoms with E-state index in [0.717, 1.165) is 49.9 Å². The molecule has 0 unspecified atom stereocenters. The number of rotatable bonds is 2. The van der Waals surface area contributed by atoms with Gasteiger partial charge in [-0.3, -0.25) is 0 Å². The first-order valence-corrected chi connectivity index (χ1v) is 12.4. The second-order valence-corrected chi connectivity index (χ2v) is 9.57. The van der Waals surface area contributed by atoms with Crippen molar-refractivity contribution in [3.63, 3.8) is 0 Å². The Morgan fingerprint density at radius 1 is 0.703 bits per heavy atom. The molecule has 7 rings (SSSR count). The zero-order valence-electron chi connectivity index (χ0n) is 20.6. The van der Waals surface area contributed by atoms with Crippen LogP contribution in [0, 0.1) is 13.5 Å². The van der Waals surface area contributed by atoms with E-state index in [-0.39, 0.29) is 0 Å². The highest BCUT2D eigenvalue weighted by Gasteiger charge is 2.23. The number of nitrogens with zero attached hydrogens (tertiary/aromatic N) is 2. The summed E-state index contributed by atoms with van der Waals surface area (Å²) in [6.45, 7) is 10.0. The van der Waals surface area contributed by atoms with E-state index in [1.807, 2.05) is 37.5 Å². The normalized spacial score (nSPS) is 11.5. The van der Waals surface area contributed by atoms with Crippen molar-refractivity contribution in [2.75, 3.05) is 0 Å². The fourth-order valence-electron chi connectivity index (χ4n) is 5.71. The van der Waals surface area contributed by atoms with Gasteiger partial charge in [0.1, 0.15) is 18.2 Å². The summed E-state index contributed by atoms with van der Waals surface area (Å²) in [6, 6.07) is 33.7. The number of hydrogen-bond donors (Lipinski definition) is 0. The van der Waals surface area contributed by atoms with Crippen LogP contribution < -0.4 is 4.57 Å². The Morgan fingerprint density at radius 2 is 1.46 bits per heavy atom. The lowest BCUT2D eigenvalue weighted by molar-refractivity contribution is -0.660. The number of benzene rings is 5. The highest BCUT2D eigenvalue weighted by atomic mass is 16.3. The van der Waals surface area contributed by atoms with Crippen LogP contribution in [0.15, 0.2) is 108 Å². The van der Waals surface area contributed by atoms with Crippen molar-refractivity contribution in [2.45, 2.75) is 6.92 Å². The molecule has 0 bridgehead atoms. The number of aryl methyl sites for hydroxylation is 2. The molecule has 0 amide bonds. The average Bonchev–Trinajstić information content (AvgIpc) is 3.32. The fourth-order valence-corrected chi connectivity index (χ4v) is 5.71. The number of furan rings is 1. The van der Waals surface area contributed by atoms with Gasteiger partial charge in [0.25, 0.3) is 0 Å². The number of fused-ring (bicyclic) bond motifs is 6. The molecule has 0 aliphatic carbocycles. The molecule has 3 nitrogen and oxygen atoms in total. The lowest BCUT2D eigenvalue weighted by atomic mass is 9.92. The van der Waals surface area contributed by atoms with Crippen LogP contribution in [0.5, 0.6) is 0 Å². The summed E-state index contributed by atoms with van der Waals surface area (Å²) in [4.78, 5) is 3.90. The number of aromatic nitrogens is 1. The number of hydrogen-bond acceptors (Lipinski definition) is 1. The van der Waals surface area contributed by atoms with Crippen molar-refractivity contribution in [2.24, 2.45) is 7.05 Å². The molecule has 0 saturated heterocycles. The second-order valence-electron chi connectivity index (χ2n) is 9.57. The van der Waals surface area contributed by atoms with Crippen molar-refractivity contribution in [1.82, 2.24) is 0 Å². The molecule has 0 saturated carbocycles. The van der Waals surface area contributed by atoms with E-state index in [1.165, 1.54) is 21.5 Å². The molecule has 3 heteroatoms. The van der Waals surface area contributed by atoms with Crippen molar-refractivity contribution in [3.8, 4) is 22.4 Å². The predicted octanol–water partition coefficient (Wildman–Crippen LogP) is 8.91. The highest BCUT2D eigenvalue weighted by Crippen LogP contribution is 2.46. The minimum absolute atomic E-state index is 0.606. The third kappa shape index (κ3) is 3.09. The minimum atomic E-state index is 0.606. The third-order valence-corrected chi connectivity index (χ3v) is 7.46. The van der Waals surface area contributed by atoms with Crippen molar-refractivity contribution >= 4 is 49.2 Å². The Bertz CT molecular complexity index is 2070. The van der Waals surface area contributed by atoms with Crippen LogP contribution in [0.1, 0.15) is 5.56 Å². The first kappa shape index (κ1) is 21.4. The summed E-state index contributed by atoms with van der Waals surface area (Å²) >= 11 is 0.